The molecule has 0 saturated heterocycles. The van der Waals surface area contributed by atoms with Gasteiger partial charge in [0.2, 0.25) is 16.5 Å². The fourth-order valence-corrected chi connectivity index (χ4v) is 4.08. The molecule has 0 aliphatic heterocycles. The van der Waals surface area contributed by atoms with Gasteiger partial charge >= 0.3 is 0 Å². The molecule has 34 heavy (non-hydrogen) atoms. The molecule has 0 bridgehead atoms. The molecule has 0 saturated carbocycles. The molecule has 13 heteroatoms. The number of hydrogen-bond acceptors (Lipinski definition) is 9. The Morgan fingerprint density at radius 2 is 1.56 bits per heavy atom. The van der Waals surface area contributed by atoms with Crippen LogP contribution in [-0.4, -0.2) is 27.9 Å². The Morgan fingerprint density at radius 3 is 2.24 bits per heavy atom. The number of hydrogen-bond donors (Lipinski definition) is 3. The summed E-state index contributed by atoms with van der Waals surface area (Å²) in [5.41, 5.74) is 9.76. The van der Waals surface area contributed by atoms with Crippen LogP contribution in [-0.2, 0) is 10.1 Å². The molecule has 174 valence electrons. The highest BCUT2D eigenvalue weighted by molar-refractivity contribution is 7.85. The normalized spacial score (nSPS) is 11.9. The molecule has 0 aliphatic carbocycles. The van der Waals surface area contributed by atoms with Crippen molar-refractivity contribution in [1.82, 2.24) is 15.0 Å². The Balaban J connectivity index is 1.85. The molecule has 1 aromatic heterocycles. The number of azo groups is 1. The summed E-state index contributed by atoms with van der Waals surface area (Å²) in [5.74, 6) is 0.0903. The molecule has 3 aromatic carbocycles. The molecule has 0 atom stereocenters. The van der Waals surface area contributed by atoms with Gasteiger partial charge in [-0.05, 0) is 84.6 Å². The van der Waals surface area contributed by atoms with E-state index in [1.807, 2.05) is 19.9 Å². The zero-order valence-corrected chi connectivity index (χ0v) is 20.1. The molecule has 0 aliphatic rings. The maximum absolute atomic E-state index is 11.7. The summed E-state index contributed by atoms with van der Waals surface area (Å²) in [6, 6.07) is 11.0. The highest BCUT2D eigenvalue weighted by atomic mass is 35.5. The van der Waals surface area contributed by atoms with E-state index in [1.54, 1.807) is 18.2 Å². The van der Waals surface area contributed by atoms with Crippen LogP contribution >= 0.6 is 23.2 Å². The molecule has 4 rings (SSSR count). The van der Waals surface area contributed by atoms with Gasteiger partial charge in [-0.2, -0.15) is 28.5 Å². The Labute approximate surface area is 204 Å². The van der Waals surface area contributed by atoms with Crippen LogP contribution in [0.15, 0.2) is 57.6 Å². The predicted molar refractivity (Wildman–Crippen MR) is 131 cm³/mol. The van der Waals surface area contributed by atoms with Crippen LogP contribution in [0.2, 0.25) is 10.6 Å². The lowest BCUT2D eigenvalue weighted by molar-refractivity contribution is 0.483. The molecular weight excluding hydrogens is 501 g/mol. The van der Waals surface area contributed by atoms with Crippen molar-refractivity contribution in [3.8, 4) is 0 Å². The first-order chi connectivity index (χ1) is 16.0. The molecular formula is C21H17Cl2N7O3S. The third-order valence-electron chi connectivity index (χ3n) is 4.94. The van der Waals surface area contributed by atoms with E-state index in [9.17, 15) is 13.0 Å². The number of aromatic nitrogens is 3. The minimum Gasteiger partial charge on any atom is -0.399 e. The number of rotatable bonds is 5. The number of aryl methyl sites for hydroxylation is 2. The van der Waals surface area contributed by atoms with Crippen molar-refractivity contribution in [3.63, 3.8) is 0 Å². The quantitative estimate of drug-likeness (QED) is 0.167. The Hall–Kier alpha value is -3.38. The van der Waals surface area contributed by atoms with Crippen LogP contribution in [0.5, 0.6) is 0 Å². The number of nitrogens with two attached hydrogens (primary N) is 1. The van der Waals surface area contributed by atoms with Crippen molar-refractivity contribution in [2.45, 2.75) is 18.7 Å². The summed E-state index contributed by atoms with van der Waals surface area (Å²) in [6.07, 6.45) is 0. The van der Waals surface area contributed by atoms with Crippen LogP contribution in [0, 0.1) is 13.8 Å². The number of halogens is 2. The van der Waals surface area contributed by atoms with E-state index in [-0.39, 0.29) is 21.4 Å². The molecule has 0 unspecified atom stereocenters. The number of anilines is 3. The minimum absolute atomic E-state index is 0.0903. The molecule has 4 aromatic rings. The van der Waals surface area contributed by atoms with E-state index in [1.165, 1.54) is 18.2 Å². The topological polar surface area (TPSA) is 156 Å². The lowest BCUT2D eigenvalue weighted by Gasteiger charge is -2.11. The summed E-state index contributed by atoms with van der Waals surface area (Å²) in [6.45, 7) is 3.72. The van der Waals surface area contributed by atoms with Gasteiger partial charge in [0.15, 0.2) is 0 Å². The van der Waals surface area contributed by atoms with Gasteiger partial charge < -0.3 is 11.1 Å². The fourth-order valence-electron chi connectivity index (χ4n) is 3.21. The van der Waals surface area contributed by atoms with Crippen LogP contribution in [0.25, 0.3) is 10.8 Å². The van der Waals surface area contributed by atoms with Crippen molar-refractivity contribution in [2.75, 3.05) is 11.1 Å². The highest BCUT2D eigenvalue weighted by Crippen LogP contribution is 2.36. The van der Waals surface area contributed by atoms with Crippen LogP contribution in [0.4, 0.5) is 28.7 Å². The second-order valence-electron chi connectivity index (χ2n) is 7.33. The van der Waals surface area contributed by atoms with Gasteiger partial charge in [0.25, 0.3) is 10.1 Å². The van der Waals surface area contributed by atoms with Crippen molar-refractivity contribution >= 4 is 72.8 Å². The second kappa shape index (κ2) is 9.11. The maximum Gasteiger partial charge on any atom is 0.294 e. The first kappa shape index (κ1) is 23.8. The van der Waals surface area contributed by atoms with Crippen molar-refractivity contribution in [2.24, 2.45) is 10.2 Å². The Morgan fingerprint density at radius 1 is 0.882 bits per heavy atom. The van der Waals surface area contributed by atoms with Crippen LogP contribution in [0.3, 0.4) is 0 Å². The summed E-state index contributed by atoms with van der Waals surface area (Å²) in [7, 11) is -4.45. The van der Waals surface area contributed by atoms with Crippen LogP contribution < -0.4 is 11.1 Å². The van der Waals surface area contributed by atoms with E-state index in [4.69, 9.17) is 28.9 Å². The van der Waals surface area contributed by atoms with E-state index in [0.717, 1.165) is 11.1 Å². The van der Waals surface area contributed by atoms with Gasteiger partial charge in [-0.25, -0.2) is 0 Å². The lowest BCUT2D eigenvalue weighted by Crippen LogP contribution is -2.01. The first-order valence-electron chi connectivity index (χ1n) is 9.68. The first-order valence-corrected chi connectivity index (χ1v) is 11.9. The van der Waals surface area contributed by atoms with E-state index in [0.29, 0.717) is 33.5 Å². The number of nitrogens with one attached hydrogen (secondary N) is 1. The lowest BCUT2D eigenvalue weighted by atomic mass is 10.1. The average Bonchev–Trinajstić information content (AvgIpc) is 2.74. The number of nitrogens with zero attached hydrogens (tertiary/aromatic N) is 5. The van der Waals surface area contributed by atoms with E-state index < -0.39 is 10.1 Å². The Bertz CT molecular complexity index is 1560. The molecule has 0 amide bonds. The highest BCUT2D eigenvalue weighted by Gasteiger charge is 2.15. The Kier molecular flexibility index (Phi) is 6.36. The monoisotopic (exact) mass is 517 g/mol. The average molecular weight is 518 g/mol. The molecule has 10 nitrogen and oxygen atoms in total. The SMILES string of the molecule is Cc1cc(N=Nc2ccc(Nc3nc(Cl)nc(Cl)n3)c3ccc(S(=O)(=O)O)cc23)c(C)cc1N. The van der Waals surface area contributed by atoms with Crippen molar-refractivity contribution in [1.29, 1.82) is 0 Å². The van der Waals surface area contributed by atoms with Gasteiger partial charge in [0.05, 0.1) is 16.3 Å². The van der Waals surface area contributed by atoms with Gasteiger partial charge in [-0.3, -0.25) is 4.55 Å². The second-order valence-corrected chi connectivity index (χ2v) is 9.43. The van der Waals surface area contributed by atoms with E-state index in [2.05, 4.69) is 30.5 Å². The standard InChI is InChI=1S/C21H17Cl2N7O3S/c1-10-8-18(11(2)7-15(10)24)30-29-17-6-5-16(25-21-27-19(22)26-20(23)28-21)13-4-3-12(9-14(13)17)34(31,32)33/h3-9H,24H2,1-2H3,(H,31,32,33)(H,25,26,27,28). The third-order valence-corrected chi connectivity index (χ3v) is 6.13. The van der Waals surface area contributed by atoms with Gasteiger partial charge in [-0.1, -0.05) is 6.07 Å². The molecule has 0 radical (unpaired) electrons. The molecule has 0 fully saturated rings. The van der Waals surface area contributed by atoms with Gasteiger partial charge in [-0.15, -0.1) is 5.11 Å². The van der Waals surface area contributed by atoms with Crippen LogP contribution in [0.1, 0.15) is 11.1 Å². The number of fused-ring (bicyclic) bond motifs is 1. The molecule has 4 N–H and O–H groups in total. The number of benzene rings is 3. The van der Waals surface area contributed by atoms with Gasteiger partial charge in [0, 0.05) is 22.1 Å². The zero-order chi connectivity index (χ0) is 24.6. The fraction of sp³-hybridized carbons (Fsp3) is 0.0952. The number of nitrogen functional groups attached to an aromatic ring is 1. The third kappa shape index (κ3) is 5.07. The minimum atomic E-state index is -4.45. The summed E-state index contributed by atoms with van der Waals surface area (Å²) < 4.78 is 33.0. The molecule has 1 heterocycles. The molecule has 0 spiro atoms. The summed E-state index contributed by atoms with van der Waals surface area (Å²) >= 11 is 11.7. The van der Waals surface area contributed by atoms with Crippen molar-refractivity contribution < 1.29 is 13.0 Å². The summed E-state index contributed by atoms with van der Waals surface area (Å²) in [4.78, 5) is 11.4. The maximum atomic E-state index is 11.7. The van der Waals surface area contributed by atoms with Gasteiger partial charge in [0.1, 0.15) is 0 Å². The largest absolute Gasteiger partial charge is 0.399 e. The summed E-state index contributed by atoms with van der Waals surface area (Å²) in [5, 5.41) is 12.4. The smallest absolute Gasteiger partial charge is 0.294 e. The van der Waals surface area contributed by atoms with E-state index >= 15 is 0 Å². The zero-order valence-electron chi connectivity index (χ0n) is 17.8. The van der Waals surface area contributed by atoms with Crippen molar-refractivity contribution in [3.05, 3.63) is 64.2 Å². The predicted octanol–water partition coefficient (Wildman–Crippen LogP) is 5.94.